The first-order chi connectivity index (χ1) is 12.9. The maximum atomic E-state index is 13.3. The lowest BCUT2D eigenvalue weighted by atomic mass is 9.97. The van der Waals surface area contributed by atoms with Crippen molar-refractivity contribution in [3.8, 4) is 0 Å². The minimum absolute atomic E-state index is 0.0304. The van der Waals surface area contributed by atoms with E-state index in [-0.39, 0.29) is 5.91 Å². The summed E-state index contributed by atoms with van der Waals surface area (Å²) < 4.78 is 1.06. The van der Waals surface area contributed by atoms with E-state index in [1.807, 2.05) is 6.92 Å². The fraction of sp³-hybridized carbons (Fsp3) is 0.478. The van der Waals surface area contributed by atoms with Crippen LogP contribution < -0.4 is 5.32 Å². The van der Waals surface area contributed by atoms with Crippen LogP contribution in [0.2, 0.25) is 0 Å². The molecule has 1 amide bonds. The highest BCUT2D eigenvalue weighted by Crippen LogP contribution is 2.29. The van der Waals surface area contributed by atoms with Gasteiger partial charge in [-0.25, -0.2) is 0 Å². The standard InChI is InChI=1S/C23H31BrN2O/c1-6-10-11-18-12-15(5)25-20(9-4)21(18)23(27)26-22-16(7-2)13-19(24)14-17(22)8-3/h12-14H,6-11H2,1-5H3,(H,26,27). The quantitative estimate of drug-likeness (QED) is 0.523. The molecule has 0 atom stereocenters. The van der Waals surface area contributed by atoms with Gasteiger partial charge in [-0.3, -0.25) is 9.78 Å². The maximum absolute atomic E-state index is 13.3. The van der Waals surface area contributed by atoms with Crippen LogP contribution in [0.1, 0.15) is 79.0 Å². The minimum Gasteiger partial charge on any atom is -0.321 e. The van der Waals surface area contributed by atoms with Crippen LogP contribution in [0.25, 0.3) is 0 Å². The van der Waals surface area contributed by atoms with Crippen molar-refractivity contribution >= 4 is 27.5 Å². The number of carbonyl (C=O) groups excluding carboxylic acids is 1. The van der Waals surface area contributed by atoms with Crippen LogP contribution in [-0.2, 0) is 25.7 Å². The molecule has 2 rings (SSSR count). The zero-order valence-corrected chi connectivity index (χ0v) is 18.8. The molecule has 0 saturated heterocycles. The van der Waals surface area contributed by atoms with Crippen molar-refractivity contribution in [2.45, 2.75) is 73.1 Å². The molecule has 4 heteroatoms. The van der Waals surface area contributed by atoms with E-state index >= 15 is 0 Å². The number of benzene rings is 1. The lowest BCUT2D eigenvalue weighted by Gasteiger charge is -2.18. The number of aryl methyl sites for hydroxylation is 5. The molecular weight excluding hydrogens is 400 g/mol. The number of anilines is 1. The number of nitrogens with one attached hydrogen (secondary N) is 1. The summed E-state index contributed by atoms with van der Waals surface area (Å²) in [5.74, 6) is -0.0304. The van der Waals surface area contributed by atoms with Crippen molar-refractivity contribution in [2.75, 3.05) is 5.32 Å². The molecule has 0 aliphatic heterocycles. The van der Waals surface area contributed by atoms with E-state index in [0.717, 1.165) is 82.3 Å². The predicted molar refractivity (Wildman–Crippen MR) is 118 cm³/mol. The Morgan fingerprint density at radius 1 is 1.00 bits per heavy atom. The van der Waals surface area contributed by atoms with E-state index in [2.05, 4.69) is 72.1 Å². The third-order valence-electron chi connectivity index (χ3n) is 4.93. The molecular formula is C23H31BrN2O. The summed E-state index contributed by atoms with van der Waals surface area (Å²) >= 11 is 3.59. The molecule has 0 bridgehead atoms. The summed E-state index contributed by atoms with van der Waals surface area (Å²) in [5.41, 5.74) is 7.03. The monoisotopic (exact) mass is 430 g/mol. The van der Waals surface area contributed by atoms with Crippen LogP contribution in [0.4, 0.5) is 5.69 Å². The number of unbranched alkanes of at least 4 members (excludes halogenated alkanes) is 1. The number of aromatic nitrogens is 1. The molecule has 27 heavy (non-hydrogen) atoms. The third-order valence-corrected chi connectivity index (χ3v) is 5.39. The third kappa shape index (κ3) is 5.19. The van der Waals surface area contributed by atoms with Crippen molar-refractivity contribution in [3.05, 3.63) is 56.3 Å². The molecule has 0 radical (unpaired) electrons. The second kappa shape index (κ2) is 10.0. The van der Waals surface area contributed by atoms with Gasteiger partial charge in [0, 0.05) is 15.9 Å². The lowest BCUT2D eigenvalue weighted by Crippen LogP contribution is -2.20. The van der Waals surface area contributed by atoms with Gasteiger partial charge in [-0.05, 0) is 73.9 Å². The normalized spacial score (nSPS) is 10.9. The molecule has 0 aliphatic carbocycles. The van der Waals surface area contributed by atoms with Crippen LogP contribution in [0.15, 0.2) is 22.7 Å². The first-order valence-electron chi connectivity index (χ1n) is 10.1. The highest BCUT2D eigenvalue weighted by Gasteiger charge is 2.20. The highest BCUT2D eigenvalue weighted by atomic mass is 79.9. The zero-order chi connectivity index (χ0) is 20.0. The van der Waals surface area contributed by atoms with Crippen molar-refractivity contribution in [1.29, 1.82) is 0 Å². The van der Waals surface area contributed by atoms with Gasteiger partial charge in [0.2, 0.25) is 0 Å². The van der Waals surface area contributed by atoms with E-state index in [1.165, 1.54) is 0 Å². The fourth-order valence-electron chi connectivity index (χ4n) is 3.53. The molecule has 1 N–H and O–H groups in total. The molecule has 0 saturated carbocycles. The molecule has 1 aromatic carbocycles. The largest absolute Gasteiger partial charge is 0.321 e. The Kier molecular flexibility index (Phi) is 8.03. The fourth-order valence-corrected chi connectivity index (χ4v) is 4.08. The number of hydrogen-bond acceptors (Lipinski definition) is 2. The van der Waals surface area contributed by atoms with Crippen LogP contribution in [0, 0.1) is 6.92 Å². The molecule has 0 fully saturated rings. The number of halogens is 1. The number of hydrogen-bond donors (Lipinski definition) is 1. The topological polar surface area (TPSA) is 42.0 Å². The number of amides is 1. The van der Waals surface area contributed by atoms with E-state index in [4.69, 9.17) is 0 Å². The van der Waals surface area contributed by atoms with Crippen LogP contribution in [0.5, 0.6) is 0 Å². The molecule has 1 heterocycles. The average Bonchev–Trinajstić information content (AvgIpc) is 2.66. The highest BCUT2D eigenvalue weighted by molar-refractivity contribution is 9.10. The summed E-state index contributed by atoms with van der Waals surface area (Å²) in [7, 11) is 0. The second-order valence-corrected chi connectivity index (χ2v) is 7.88. The second-order valence-electron chi connectivity index (χ2n) is 6.96. The molecule has 0 aliphatic rings. The van der Waals surface area contributed by atoms with Gasteiger partial charge in [-0.1, -0.05) is 50.0 Å². The van der Waals surface area contributed by atoms with E-state index in [0.29, 0.717) is 0 Å². The Morgan fingerprint density at radius 2 is 1.63 bits per heavy atom. The van der Waals surface area contributed by atoms with Crippen molar-refractivity contribution in [2.24, 2.45) is 0 Å². The zero-order valence-electron chi connectivity index (χ0n) is 17.2. The van der Waals surface area contributed by atoms with E-state index in [1.54, 1.807) is 0 Å². The average molecular weight is 431 g/mol. The number of carbonyl (C=O) groups is 1. The molecule has 2 aromatic rings. The molecule has 0 unspecified atom stereocenters. The summed E-state index contributed by atoms with van der Waals surface area (Å²) in [6.45, 7) is 10.5. The first kappa shape index (κ1) is 21.6. The molecule has 3 nitrogen and oxygen atoms in total. The number of pyridine rings is 1. The van der Waals surface area contributed by atoms with Gasteiger partial charge in [-0.2, -0.15) is 0 Å². The van der Waals surface area contributed by atoms with Crippen molar-refractivity contribution in [1.82, 2.24) is 4.98 Å². The van der Waals surface area contributed by atoms with Crippen LogP contribution >= 0.6 is 15.9 Å². The maximum Gasteiger partial charge on any atom is 0.257 e. The Morgan fingerprint density at radius 3 is 2.15 bits per heavy atom. The minimum atomic E-state index is -0.0304. The predicted octanol–water partition coefficient (Wildman–Crippen LogP) is 6.43. The SMILES string of the molecule is CCCCc1cc(C)nc(CC)c1C(=O)Nc1c(CC)cc(Br)cc1CC. The summed E-state index contributed by atoms with van der Waals surface area (Å²) in [6.07, 6.45) is 5.60. The Labute approximate surface area is 172 Å². The van der Waals surface area contributed by atoms with Crippen molar-refractivity contribution in [3.63, 3.8) is 0 Å². The van der Waals surface area contributed by atoms with Crippen LogP contribution in [-0.4, -0.2) is 10.9 Å². The van der Waals surface area contributed by atoms with E-state index < -0.39 is 0 Å². The number of rotatable bonds is 8. The van der Waals surface area contributed by atoms with Gasteiger partial charge in [0.05, 0.1) is 11.3 Å². The molecule has 146 valence electrons. The Hall–Kier alpha value is -1.68. The lowest BCUT2D eigenvalue weighted by molar-refractivity contribution is 0.102. The van der Waals surface area contributed by atoms with Gasteiger partial charge < -0.3 is 5.32 Å². The van der Waals surface area contributed by atoms with E-state index in [9.17, 15) is 4.79 Å². The molecule has 1 aromatic heterocycles. The summed E-state index contributed by atoms with van der Waals surface area (Å²) in [4.78, 5) is 18.0. The van der Waals surface area contributed by atoms with Gasteiger partial charge >= 0.3 is 0 Å². The first-order valence-corrected chi connectivity index (χ1v) is 10.9. The van der Waals surface area contributed by atoms with Crippen LogP contribution in [0.3, 0.4) is 0 Å². The smallest absolute Gasteiger partial charge is 0.257 e. The van der Waals surface area contributed by atoms with Gasteiger partial charge in [-0.15, -0.1) is 0 Å². The summed E-state index contributed by atoms with van der Waals surface area (Å²) in [5, 5.41) is 3.24. The Balaban J connectivity index is 2.50. The Bertz CT molecular complexity index is 789. The number of nitrogens with zero attached hydrogens (tertiary/aromatic N) is 1. The van der Waals surface area contributed by atoms with Gasteiger partial charge in [0.15, 0.2) is 0 Å². The van der Waals surface area contributed by atoms with Crippen molar-refractivity contribution < 1.29 is 4.79 Å². The summed E-state index contributed by atoms with van der Waals surface area (Å²) in [6, 6.07) is 6.27. The van der Waals surface area contributed by atoms with Gasteiger partial charge in [0.1, 0.15) is 0 Å². The van der Waals surface area contributed by atoms with Gasteiger partial charge in [0.25, 0.3) is 5.91 Å². The molecule has 0 spiro atoms.